The maximum Gasteiger partial charge on any atom is 0.144 e. The first-order chi connectivity index (χ1) is 8.33. The second-order valence-corrected chi connectivity index (χ2v) is 3.92. The number of imidazole rings is 1. The standard InChI is InChI=1S/C13H13N3O/c1-17-11-2-3-12-9(6-11)4-5-16-10(7-14)8-15-13(12)16/h2-6,8H,7,14H2,1H3. The van der Waals surface area contributed by atoms with Gasteiger partial charge in [0.25, 0.3) is 0 Å². The number of benzene rings is 1. The molecule has 0 amide bonds. The predicted octanol–water partition coefficient (Wildman–Crippen LogP) is 1.95. The van der Waals surface area contributed by atoms with Crippen LogP contribution in [0.2, 0.25) is 0 Å². The Morgan fingerprint density at radius 2 is 2.24 bits per heavy atom. The molecule has 0 aliphatic carbocycles. The lowest BCUT2D eigenvalue weighted by atomic mass is 10.1. The minimum atomic E-state index is 0.489. The zero-order chi connectivity index (χ0) is 11.8. The maximum atomic E-state index is 5.67. The number of pyridine rings is 1. The van der Waals surface area contributed by atoms with Crippen molar-refractivity contribution in [3.8, 4) is 5.75 Å². The molecule has 0 fully saturated rings. The molecule has 0 atom stereocenters. The van der Waals surface area contributed by atoms with Crippen LogP contribution < -0.4 is 10.5 Å². The zero-order valence-corrected chi connectivity index (χ0v) is 9.55. The van der Waals surface area contributed by atoms with Crippen molar-refractivity contribution in [2.45, 2.75) is 6.54 Å². The summed E-state index contributed by atoms with van der Waals surface area (Å²) in [6.07, 6.45) is 3.81. The Kier molecular flexibility index (Phi) is 2.23. The van der Waals surface area contributed by atoms with Crippen LogP contribution in [-0.2, 0) is 6.54 Å². The highest BCUT2D eigenvalue weighted by molar-refractivity contribution is 5.94. The molecule has 3 aromatic rings. The van der Waals surface area contributed by atoms with Crippen LogP contribution in [0, 0.1) is 0 Å². The molecule has 17 heavy (non-hydrogen) atoms. The van der Waals surface area contributed by atoms with Crippen LogP contribution in [0.3, 0.4) is 0 Å². The van der Waals surface area contributed by atoms with E-state index in [0.717, 1.165) is 27.9 Å². The number of hydrogen-bond acceptors (Lipinski definition) is 3. The lowest BCUT2D eigenvalue weighted by Gasteiger charge is -2.05. The van der Waals surface area contributed by atoms with Crippen LogP contribution in [0.4, 0.5) is 0 Å². The average Bonchev–Trinajstić information content (AvgIpc) is 2.81. The second kappa shape index (κ2) is 3.75. The Bertz CT molecular complexity index is 688. The predicted molar refractivity (Wildman–Crippen MR) is 67.1 cm³/mol. The molecule has 0 unspecified atom stereocenters. The third-order valence-corrected chi connectivity index (χ3v) is 2.99. The number of ether oxygens (including phenoxy) is 1. The number of nitrogens with zero attached hydrogens (tertiary/aromatic N) is 2. The summed E-state index contributed by atoms with van der Waals surface area (Å²) in [7, 11) is 1.67. The van der Waals surface area contributed by atoms with Crippen LogP contribution in [0.1, 0.15) is 5.69 Å². The van der Waals surface area contributed by atoms with Crippen molar-refractivity contribution in [1.29, 1.82) is 0 Å². The summed E-state index contributed by atoms with van der Waals surface area (Å²) in [5, 5.41) is 2.22. The number of fused-ring (bicyclic) bond motifs is 3. The van der Waals surface area contributed by atoms with Crippen LogP contribution >= 0.6 is 0 Å². The molecule has 0 aliphatic rings. The van der Waals surface area contributed by atoms with E-state index in [-0.39, 0.29) is 0 Å². The third kappa shape index (κ3) is 1.45. The molecule has 4 heteroatoms. The minimum absolute atomic E-state index is 0.489. The Balaban J connectivity index is 2.36. The fraction of sp³-hybridized carbons (Fsp3) is 0.154. The van der Waals surface area contributed by atoms with Crippen LogP contribution in [0.15, 0.2) is 36.7 Å². The summed E-state index contributed by atoms with van der Waals surface area (Å²) in [4.78, 5) is 4.42. The normalized spacial score (nSPS) is 11.2. The zero-order valence-electron chi connectivity index (χ0n) is 9.55. The molecule has 0 bridgehead atoms. The fourth-order valence-corrected chi connectivity index (χ4v) is 2.08. The molecule has 0 radical (unpaired) electrons. The number of hydrogen-bond donors (Lipinski definition) is 1. The van der Waals surface area contributed by atoms with Gasteiger partial charge in [-0.2, -0.15) is 0 Å². The first-order valence-corrected chi connectivity index (χ1v) is 5.46. The van der Waals surface area contributed by atoms with Crippen molar-refractivity contribution < 1.29 is 4.74 Å². The van der Waals surface area contributed by atoms with Gasteiger partial charge in [0.05, 0.1) is 19.0 Å². The average molecular weight is 227 g/mol. The highest BCUT2D eigenvalue weighted by atomic mass is 16.5. The maximum absolute atomic E-state index is 5.67. The molecule has 4 nitrogen and oxygen atoms in total. The van der Waals surface area contributed by atoms with Gasteiger partial charge in [0.15, 0.2) is 0 Å². The van der Waals surface area contributed by atoms with E-state index in [1.807, 2.05) is 41.1 Å². The summed E-state index contributed by atoms with van der Waals surface area (Å²) < 4.78 is 7.24. The Morgan fingerprint density at radius 3 is 3.00 bits per heavy atom. The minimum Gasteiger partial charge on any atom is -0.497 e. The molecule has 2 aromatic heterocycles. The van der Waals surface area contributed by atoms with E-state index >= 15 is 0 Å². The van der Waals surface area contributed by atoms with E-state index in [0.29, 0.717) is 6.54 Å². The Labute approximate surface area is 98.6 Å². The molecular weight excluding hydrogens is 214 g/mol. The fourth-order valence-electron chi connectivity index (χ4n) is 2.08. The van der Waals surface area contributed by atoms with Gasteiger partial charge in [0.2, 0.25) is 0 Å². The molecule has 86 valence electrons. The summed E-state index contributed by atoms with van der Waals surface area (Å²) in [6.45, 7) is 0.489. The van der Waals surface area contributed by atoms with E-state index in [1.54, 1.807) is 7.11 Å². The largest absolute Gasteiger partial charge is 0.497 e. The Hall–Kier alpha value is -2.07. The van der Waals surface area contributed by atoms with E-state index < -0.39 is 0 Å². The topological polar surface area (TPSA) is 52.5 Å². The summed E-state index contributed by atoms with van der Waals surface area (Å²) >= 11 is 0. The molecule has 1 aromatic carbocycles. The van der Waals surface area contributed by atoms with Gasteiger partial charge >= 0.3 is 0 Å². The van der Waals surface area contributed by atoms with E-state index in [1.165, 1.54) is 0 Å². The molecule has 0 aliphatic heterocycles. The van der Waals surface area contributed by atoms with Gasteiger partial charge in [-0.3, -0.25) is 0 Å². The van der Waals surface area contributed by atoms with Crippen molar-refractivity contribution in [2.24, 2.45) is 5.73 Å². The lowest BCUT2D eigenvalue weighted by Crippen LogP contribution is -2.00. The third-order valence-electron chi connectivity index (χ3n) is 2.99. The van der Waals surface area contributed by atoms with Crippen molar-refractivity contribution >= 4 is 16.4 Å². The monoisotopic (exact) mass is 227 g/mol. The van der Waals surface area contributed by atoms with E-state index in [9.17, 15) is 0 Å². The molecule has 0 saturated heterocycles. The number of methoxy groups -OCH3 is 1. The molecule has 2 heterocycles. The quantitative estimate of drug-likeness (QED) is 0.728. The molecule has 0 saturated carbocycles. The van der Waals surface area contributed by atoms with Crippen LogP contribution in [0.5, 0.6) is 5.75 Å². The van der Waals surface area contributed by atoms with E-state index in [4.69, 9.17) is 10.5 Å². The summed E-state index contributed by atoms with van der Waals surface area (Å²) in [6, 6.07) is 8.02. The first kappa shape index (κ1) is 10.1. The second-order valence-electron chi connectivity index (χ2n) is 3.92. The molecular formula is C13H13N3O. The van der Waals surface area contributed by atoms with Gasteiger partial charge in [-0.15, -0.1) is 0 Å². The highest BCUT2D eigenvalue weighted by Gasteiger charge is 2.06. The molecule has 2 N–H and O–H groups in total. The van der Waals surface area contributed by atoms with Gasteiger partial charge in [-0.25, -0.2) is 4.98 Å². The van der Waals surface area contributed by atoms with Crippen LogP contribution in [-0.4, -0.2) is 16.5 Å². The van der Waals surface area contributed by atoms with Gasteiger partial charge < -0.3 is 14.9 Å². The molecule has 3 rings (SSSR count). The van der Waals surface area contributed by atoms with Crippen molar-refractivity contribution in [1.82, 2.24) is 9.38 Å². The van der Waals surface area contributed by atoms with Crippen LogP contribution in [0.25, 0.3) is 16.4 Å². The smallest absolute Gasteiger partial charge is 0.144 e. The lowest BCUT2D eigenvalue weighted by molar-refractivity contribution is 0.415. The first-order valence-electron chi connectivity index (χ1n) is 5.46. The van der Waals surface area contributed by atoms with E-state index in [2.05, 4.69) is 4.98 Å². The van der Waals surface area contributed by atoms with Crippen molar-refractivity contribution in [2.75, 3.05) is 7.11 Å². The highest BCUT2D eigenvalue weighted by Crippen LogP contribution is 2.24. The summed E-state index contributed by atoms with van der Waals surface area (Å²) in [5.74, 6) is 0.854. The van der Waals surface area contributed by atoms with Crippen molar-refractivity contribution in [3.05, 3.63) is 42.4 Å². The number of aromatic nitrogens is 2. The summed E-state index contributed by atoms with van der Waals surface area (Å²) in [5.41, 5.74) is 7.62. The van der Waals surface area contributed by atoms with Gasteiger partial charge in [-0.05, 0) is 29.7 Å². The van der Waals surface area contributed by atoms with Gasteiger partial charge in [0, 0.05) is 18.1 Å². The van der Waals surface area contributed by atoms with Crippen molar-refractivity contribution in [3.63, 3.8) is 0 Å². The number of rotatable bonds is 2. The SMILES string of the molecule is COc1ccc2c(ccn3c(CN)cnc23)c1. The van der Waals surface area contributed by atoms with Gasteiger partial charge in [-0.1, -0.05) is 0 Å². The molecule has 0 spiro atoms. The van der Waals surface area contributed by atoms with Gasteiger partial charge in [0.1, 0.15) is 11.4 Å². The number of nitrogens with two attached hydrogens (primary N) is 1. The Morgan fingerprint density at radius 1 is 1.35 bits per heavy atom.